The lowest BCUT2D eigenvalue weighted by molar-refractivity contribution is 0.112. The second-order valence-electron chi connectivity index (χ2n) is 2.43. The molecule has 0 fully saturated rings. The lowest BCUT2D eigenvalue weighted by Gasteiger charge is -1.93. The Hall–Kier alpha value is -1.41. The SMILES string of the molecule is NCC=Cc1cccc(C=O)c1. The summed E-state index contributed by atoms with van der Waals surface area (Å²) >= 11 is 0. The number of hydrogen-bond donors (Lipinski definition) is 1. The number of rotatable bonds is 3. The summed E-state index contributed by atoms with van der Waals surface area (Å²) in [4.78, 5) is 10.4. The van der Waals surface area contributed by atoms with Gasteiger partial charge in [0.05, 0.1) is 0 Å². The Balaban J connectivity index is 2.86. The molecule has 0 bridgehead atoms. The molecular formula is C10H11NO. The highest BCUT2D eigenvalue weighted by Gasteiger charge is 1.89. The quantitative estimate of drug-likeness (QED) is 0.682. The van der Waals surface area contributed by atoms with Gasteiger partial charge in [-0.3, -0.25) is 4.79 Å². The first-order chi connectivity index (χ1) is 5.86. The van der Waals surface area contributed by atoms with E-state index >= 15 is 0 Å². The largest absolute Gasteiger partial charge is 0.327 e. The first kappa shape index (κ1) is 8.68. The predicted octanol–water partition coefficient (Wildman–Crippen LogP) is 1.47. The molecule has 0 radical (unpaired) electrons. The minimum absolute atomic E-state index is 0.519. The lowest BCUT2D eigenvalue weighted by atomic mass is 10.1. The van der Waals surface area contributed by atoms with E-state index in [9.17, 15) is 4.79 Å². The molecule has 0 aliphatic heterocycles. The Kier molecular flexibility index (Phi) is 3.23. The summed E-state index contributed by atoms with van der Waals surface area (Å²) in [5, 5.41) is 0. The number of aldehydes is 1. The van der Waals surface area contributed by atoms with E-state index in [-0.39, 0.29) is 0 Å². The fourth-order valence-corrected chi connectivity index (χ4v) is 0.940. The number of carbonyl (C=O) groups excluding carboxylic acids is 1. The Morgan fingerprint density at radius 2 is 2.08 bits per heavy atom. The third-order valence-corrected chi connectivity index (χ3v) is 1.49. The van der Waals surface area contributed by atoms with E-state index in [1.54, 1.807) is 6.07 Å². The van der Waals surface area contributed by atoms with Gasteiger partial charge < -0.3 is 5.73 Å². The standard InChI is InChI=1S/C10H11NO/c11-6-2-5-9-3-1-4-10(7-9)8-12/h1-5,7-8H,6,11H2. The molecule has 0 saturated heterocycles. The molecule has 62 valence electrons. The molecule has 1 aromatic rings. The van der Waals surface area contributed by atoms with Crippen molar-refractivity contribution in [3.63, 3.8) is 0 Å². The molecule has 2 N–H and O–H groups in total. The van der Waals surface area contributed by atoms with Crippen molar-refractivity contribution in [3.8, 4) is 0 Å². The Morgan fingerprint density at radius 3 is 2.75 bits per heavy atom. The fourth-order valence-electron chi connectivity index (χ4n) is 0.940. The van der Waals surface area contributed by atoms with Crippen LogP contribution >= 0.6 is 0 Å². The van der Waals surface area contributed by atoms with Gasteiger partial charge in [-0.15, -0.1) is 0 Å². The van der Waals surface area contributed by atoms with E-state index in [1.165, 1.54) is 0 Å². The number of carbonyl (C=O) groups is 1. The molecule has 12 heavy (non-hydrogen) atoms. The van der Waals surface area contributed by atoms with Gasteiger partial charge in [-0.2, -0.15) is 0 Å². The van der Waals surface area contributed by atoms with Gasteiger partial charge in [-0.25, -0.2) is 0 Å². The van der Waals surface area contributed by atoms with Crippen LogP contribution in [0.3, 0.4) is 0 Å². The molecule has 0 heterocycles. The second-order valence-corrected chi connectivity index (χ2v) is 2.43. The van der Waals surface area contributed by atoms with Crippen LogP contribution in [0.25, 0.3) is 6.08 Å². The van der Waals surface area contributed by atoms with Crippen molar-refractivity contribution in [2.24, 2.45) is 5.73 Å². The Bertz CT molecular complexity index is 292. The number of nitrogens with two attached hydrogens (primary N) is 1. The van der Waals surface area contributed by atoms with E-state index in [2.05, 4.69) is 0 Å². The Morgan fingerprint density at radius 1 is 1.33 bits per heavy atom. The van der Waals surface area contributed by atoms with Crippen molar-refractivity contribution in [2.45, 2.75) is 0 Å². The van der Waals surface area contributed by atoms with E-state index in [0.29, 0.717) is 12.1 Å². The molecule has 0 aromatic heterocycles. The molecule has 1 rings (SSSR count). The molecule has 2 heteroatoms. The van der Waals surface area contributed by atoms with Gasteiger partial charge >= 0.3 is 0 Å². The summed E-state index contributed by atoms with van der Waals surface area (Å²) in [6, 6.07) is 7.37. The highest BCUT2D eigenvalue weighted by molar-refractivity contribution is 5.76. The fraction of sp³-hybridized carbons (Fsp3) is 0.100. The van der Waals surface area contributed by atoms with Crippen LogP contribution in [0.15, 0.2) is 30.3 Å². The van der Waals surface area contributed by atoms with Crippen molar-refractivity contribution >= 4 is 12.4 Å². The van der Waals surface area contributed by atoms with Crippen molar-refractivity contribution in [1.82, 2.24) is 0 Å². The predicted molar refractivity (Wildman–Crippen MR) is 49.9 cm³/mol. The molecule has 2 nitrogen and oxygen atoms in total. The molecule has 0 unspecified atom stereocenters. The average molecular weight is 161 g/mol. The van der Waals surface area contributed by atoms with Crippen LogP contribution in [0.2, 0.25) is 0 Å². The summed E-state index contributed by atoms with van der Waals surface area (Å²) < 4.78 is 0. The normalized spacial score (nSPS) is 10.4. The number of hydrogen-bond acceptors (Lipinski definition) is 2. The smallest absolute Gasteiger partial charge is 0.150 e. The third kappa shape index (κ3) is 2.32. The first-order valence-corrected chi connectivity index (χ1v) is 3.78. The van der Waals surface area contributed by atoms with Crippen LogP contribution in [0, 0.1) is 0 Å². The monoisotopic (exact) mass is 161 g/mol. The average Bonchev–Trinajstić information content (AvgIpc) is 2.15. The molecule has 0 amide bonds. The van der Waals surface area contributed by atoms with Gasteiger partial charge in [0.15, 0.2) is 0 Å². The Labute approximate surface area is 71.7 Å². The zero-order valence-corrected chi connectivity index (χ0v) is 6.73. The molecular weight excluding hydrogens is 150 g/mol. The molecule has 0 saturated carbocycles. The number of benzene rings is 1. The van der Waals surface area contributed by atoms with E-state index in [0.717, 1.165) is 11.8 Å². The molecule has 1 aromatic carbocycles. The van der Waals surface area contributed by atoms with Crippen LogP contribution in [0.1, 0.15) is 15.9 Å². The summed E-state index contributed by atoms with van der Waals surface area (Å²) in [6.07, 6.45) is 4.58. The van der Waals surface area contributed by atoms with Crippen LogP contribution in [-0.2, 0) is 0 Å². The second kappa shape index (κ2) is 4.46. The molecule has 0 aliphatic rings. The van der Waals surface area contributed by atoms with Crippen molar-refractivity contribution in [3.05, 3.63) is 41.5 Å². The van der Waals surface area contributed by atoms with E-state index in [4.69, 9.17) is 5.73 Å². The maximum atomic E-state index is 10.4. The summed E-state index contributed by atoms with van der Waals surface area (Å²) in [5.74, 6) is 0. The lowest BCUT2D eigenvalue weighted by Crippen LogP contribution is -1.92. The van der Waals surface area contributed by atoms with Gasteiger partial charge in [-0.05, 0) is 11.6 Å². The summed E-state index contributed by atoms with van der Waals surface area (Å²) in [7, 11) is 0. The van der Waals surface area contributed by atoms with Gasteiger partial charge in [-0.1, -0.05) is 30.4 Å². The maximum absolute atomic E-state index is 10.4. The van der Waals surface area contributed by atoms with E-state index in [1.807, 2.05) is 30.4 Å². The van der Waals surface area contributed by atoms with Gasteiger partial charge in [0.2, 0.25) is 0 Å². The highest BCUT2D eigenvalue weighted by Crippen LogP contribution is 2.04. The highest BCUT2D eigenvalue weighted by atomic mass is 16.1. The summed E-state index contributed by atoms with van der Waals surface area (Å²) in [6.45, 7) is 0.519. The summed E-state index contributed by atoms with van der Waals surface area (Å²) in [5.41, 5.74) is 6.98. The van der Waals surface area contributed by atoms with Crippen LogP contribution in [-0.4, -0.2) is 12.8 Å². The van der Waals surface area contributed by atoms with Gasteiger partial charge in [0.25, 0.3) is 0 Å². The van der Waals surface area contributed by atoms with Crippen molar-refractivity contribution in [2.75, 3.05) is 6.54 Å². The van der Waals surface area contributed by atoms with Gasteiger partial charge in [0, 0.05) is 12.1 Å². The minimum atomic E-state index is 0.519. The van der Waals surface area contributed by atoms with Crippen LogP contribution in [0.5, 0.6) is 0 Å². The minimum Gasteiger partial charge on any atom is -0.327 e. The van der Waals surface area contributed by atoms with Crippen LogP contribution in [0.4, 0.5) is 0 Å². The zero-order valence-electron chi connectivity index (χ0n) is 6.73. The molecule has 0 spiro atoms. The topological polar surface area (TPSA) is 43.1 Å². The van der Waals surface area contributed by atoms with Gasteiger partial charge in [0.1, 0.15) is 6.29 Å². The van der Waals surface area contributed by atoms with Crippen LogP contribution < -0.4 is 5.73 Å². The molecule has 0 aliphatic carbocycles. The molecule has 0 atom stereocenters. The third-order valence-electron chi connectivity index (χ3n) is 1.49. The van der Waals surface area contributed by atoms with Crippen molar-refractivity contribution in [1.29, 1.82) is 0 Å². The zero-order chi connectivity index (χ0) is 8.81. The first-order valence-electron chi connectivity index (χ1n) is 3.78. The van der Waals surface area contributed by atoms with E-state index < -0.39 is 0 Å². The van der Waals surface area contributed by atoms with Crippen molar-refractivity contribution < 1.29 is 4.79 Å². The maximum Gasteiger partial charge on any atom is 0.150 e.